The second-order valence-corrected chi connectivity index (χ2v) is 3.08. The van der Waals surface area contributed by atoms with E-state index < -0.39 is 0 Å². The summed E-state index contributed by atoms with van der Waals surface area (Å²) in [6.45, 7) is 0.0479. The number of aromatic amines is 1. The predicted molar refractivity (Wildman–Crippen MR) is 43.9 cm³/mol. The first-order valence-electron chi connectivity index (χ1n) is 4.09. The highest BCUT2D eigenvalue weighted by molar-refractivity contribution is 5.95. The smallest absolute Gasteiger partial charge is 0.194 e. The van der Waals surface area contributed by atoms with Gasteiger partial charge < -0.3 is 10.7 Å². The molecule has 0 unspecified atom stereocenters. The number of imidazole rings is 1. The summed E-state index contributed by atoms with van der Waals surface area (Å²) in [5.41, 5.74) is 5.75. The van der Waals surface area contributed by atoms with Crippen molar-refractivity contribution < 1.29 is 4.79 Å². The number of Topliss-reactive ketones (excluding diaryl/α,β-unsaturated/α-hetero) is 1. The lowest BCUT2D eigenvalue weighted by atomic mass is 10.3. The molecule has 2 rings (SSSR count). The van der Waals surface area contributed by atoms with Crippen LogP contribution in [0.15, 0.2) is 6.20 Å². The summed E-state index contributed by atoms with van der Waals surface area (Å²) in [5.74, 6) is 1.42. The Balaban J connectivity index is 2.17. The molecule has 64 valence electrons. The molecule has 0 bridgehead atoms. The predicted octanol–water partition coefficient (Wildman–Crippen LogP) is 0.428. The van der Waals surface area contributed by atoms with Gasteiger partial charge in [-0.3, -0.25) is 4.79 Å². The zero-order chi connectivity index (χ0) is 8.55. The number of carbonyl (C=O) groups is 1. The molecular weight excluding hydrogens is 154 g/mol. The maximum Gasteiger partial charge on any atom is 0.194 e. The third kappa shape index (κ3) is 1.25. The highest BCUT2D eigenvalue weighted by Crippen LogP contribution is 2.37. The molecule has 0 amide bonds. The minimum Gasteiger partial charge on any atom is -0.339 e. The third-order valence-electron chi connectivity index (χ3n) is 2.05. The molecule has 4 heteroatoms. The number of nitrogens with zero attached hydrogens (tertiary/aromatic N) is 1. The van der Waals surface area contributed by atoms with Gasteiger partial charge in [0, 0.05) is 5.92 Å². The van der Waals surface area contributed by atoms with Gasteiger partial charge in [0.15, 0.2) is 5.78 Å². The van der Waals surface area contributed by atoms with Crippen molar-refractivity contribution in [1.82, 2.24) is 9.97 Å². The van der Waals surface area contributed by atoms with E-state index in [1.165, 1.54) is 12.8 Å². The van der Waals surface area contributed by atoms with Crippen molar-refractivity contribution in [2.75, 3.05) is 6.54 Å². The quantitative estimate of drug-likeness (QED) is 0.638. The molecule has 3 N–H and O–H groups in total. The van der Waals surface area contributed by atoms with Crippen molar-refractivity contribution >= 4 is 5.78 Å². The summed E-state index contributed by atoms with van der Waals surface area (Å²) in [4.78, 5) is 18.2. The molecule has 1 heterocycles. The number of hydrogen-bond acceptors (Lipinski definition) is 3. The lowest BCUT2D eigenvalue weighted by Gasteiger charge is -1.90. The first-order chi connectivity index (χ1) is 5.81. The minimum atomic E-state index is -0.0746. The second-order valence-electron chi connectivity index (χ2n) is 3.08. The van der Waals surface area contributed by atoms with Gasteiger partial charge >= 0.3 is 0 Å². The summed E-state index contributed by atoms with van der Waals surface area (Å²) in [7, 11) is 0. The van der Waals surface area contributed by atoms with E-state index in [4.69, 9.17) is 5.73 Å². The van der Waals surface area contributed by atoms with Crippen LogP contribution in [0.4, 0.5) is 0 Å². The van der Waals surface area contributed by atoms with Crippen LogP contribution in [-0.4, -0.2) is 22.3 Å². The van der Waals surface area contributed by atoms with Gasteiger partial charge in [-0.1, -0.05) is 0 Å². The average Bonchev–Trinajstić information content (AvgIpc) is 2.83. The maximum absolute atomic E-state index is 11.1. The molecule has 4 nitrogen and oxygen atoms in total. The standard InChI is InChI=1S/C8H11N3O/c9-3-7(12)6-4-10-8(11-6)5-1-2-5/h4-5H,1-3,9H2,(H,10,11). The van der Waals surface area contributed by atoms with E-state index in [-0.39, 0.29) is 12.3 Å². The molecule has 12 heavy (non-hydrogen) atoms. The Morgan fingerprint density at radius 1 is 1.75 bits per heavy atom. The molecule has 0 radical (unpaired) electrons. The summed E-state index contributed by atoms with van der Waals surface area (Å²) in [6, 6.07) is 0. The van der Waals surface area contributed by atoms with Gasteiger partial charge in [0.1, 0.15) is 11.5 Å². The summed E-state index contributed by atoms with van der Waals surface area (Å²) in [5, 5.41) is 0. The SMILES string of the molecule is NCC(=O)c1cnc(C2CC2)[nH]1. The topological polar surface area (TPSA) is 71.8 Å². The maximum atomic E-state index is 11.1. The van der Waals surface area contributed by atoms with Crippen molar-refractivity contribution in [3.05, 3.63) is 17.7 Å². The van der Waals surface area contributed by atoms with E-state index in [1.54, 1.807) is 6.20 Å². The van der Waals surface area contributed by atoms with Crippen LogP contribution < -0.4 is 5.73 Å². The number of ketones is 1. The van der Waals surface area contributed by atoms with E-state index in [9.17, 15) is 4.79 Å². The third-order valence-corrected chi connectivity index (χ3v) is 2.05. The Kier molecular flexibility index (Phi) is 1.69. The fourth-order valence-corrected chi connectivity index (χ4v) is 1.15. The zero-order valence-electron chi connectivity index (χ0n) is 6.71. The summed E-state index contributed by atoms with van der Waals surface area (Å²) in [6.07, 6.45) is 3.94. The van der Waals surface area contributed by atoms with E-state index >= 15 is 0 Å². The highest BCUT2D eigenvalue weighted by atomic mass is 16.1. The van der Waals surface area contributed by atoms with Gasteiger partial charge in [0.25, 0.3) is 0 Å². The van der Waals surface area contributed by atoms with Crippen molar-refractivity contribution in [3.8, 4) is 0 Å². The summed E-state index contributed by atoms with van der Waals surface area (Å²) >= 11 is 0. The van der Waals surface area contributed by atoms with E-state index in [0.29, 0.717) is 11.6 Å². The number of nitrogens with one attached hydrogen (secondary N) is 1. The van der Waals surface area contributed by atoms with Gasteiger partial charge in [0.2, 0.25) is 0 Å². The number of H-pyrrole nitrogens is 1. The van der Waals surface area contributed by atoms with Crippen molar-refractivity contribution in [1.29, 1.82) is 0 Å². The molecule has 1 aromatic rings. The summed E-state index contributed by atoms with van der Waals surface area (Å²) < 4.78 is 0. The molecule has 0 spiro atoms. The fraction of sp³-hybridized carbons (Fsp3) is 0.500. The van der Waals surface area contributed by atoms with Crippen LogP contribution in [0.2, 0.25) is 0 Å². The fourth-order valence-electron chi connectivity index (χ4n) is 1.15. The van der Waals surface area contributed by atoms with Crippen molar-refractivity contribution in [2.24, 2.45) is 5.73 Å². The van der Waals surface area contributed by atoms with Gasteiger partial charge in [-0.25, -0.2) is 4.98 Å². The van der Waals surface area contributed by atoms with E-state index in [2.05, 4.69) is 9.97 Å². The van der Waals surface area contributed by atoms with Crippen LogP contribution >= 0.6 is 0 Å². The molecule has 1 fully saturated rings. The first-order valence-corrected chi connectivity index (χ1v) is 4.09. The Bertz CT molecular complexity index is 301. The molecule has 1 aliphatic carbocycles. The Morgan fingerprint density at radius 3 is 3.08 bits per heavy atom. The Morgan fingerprint density at radius 2 is 2.50 bits per heavy atom. The molecule has 0 atom stereocenters. The van der Waals surface area contributed by atoms with Crippen LogP contribution in [0, 0.1) is 0 Å². The number of hydrogen-bond donors (Lipinski definition) is 2. The second kappa shape index (κ2) is 2.71. The van der Waals surface area contributed by atoms with Crippen LogP contribution in [0.3, 0.4) is 0 Å². The zero-order valence-corrected chi connectivity index (χ0v) is 6.71. The average molecular weight is 165 g/mol. The number of rotatable bonds is 3. The van der Waals surface area contributed by atoms with Crippen LogP contribution in [0.25, 0.3) is 0 Å². The van der Waals surface area contributed by atoms with Gasteiger partial charge in [-0.15, -0.1) is 0 Å². The van der Waals surface area contributed by atoms with E-state index in [1.807, 2.05) is 0 Å². The molecule has 1 saturated carbocycles. The lowest BCUT2D eigenvalue weighted by Crippen LogP contribution is -2.13. The molecule has 0 aromatic carbocycles. The Hall–Kier alpha value is -1.16. The van der Waals surface area contributed by atoms with Crippen LogP contribution in [0.5, 0.6) is 0 Å². The molecule has 1 aliphatic rings. The van der Waals surface area contributed by atoms with Crippen molar-refractivity contribution in [2.45, 2.75) is 18.8 Å². The monoisotopic (exact) mass is 165 g/mol. The largest absolute Gasteiger partial charge is 0.339 e. The molecule has 0 aliphatic heterocycles. The van der Waals surface area contributed by atoms with Gasteiger partial charge in [-0.05, 0) is 12.8 Å². The first kappa shape index (κ1) is 7.49. The number of nitrogens with two attached hydrogens (primary N) is 1. The van der Waals surface area contributed by atoms with Gasteiger partial charge in [0.05, 0.1) is 12.7 Å². The number of carbonyl (C=O) groups excluding carboxylic acids is 1. The normalized spacial score (nSPS) is 16.4. The number of aromatic nitrogens is 2. The molecular formula is C8H11N3O. The van der Waals surface area contributed by atoms with Crippen LogP contribution in [-0.2, 0) is 0 Å². The van der Waals surface area contributed by atoms with Gasteiger partial charge in [-0.2, -0.15) is 0 Å². The van der Waals surface area contributed by atoms with E-state index in [0.717, 1.165) is 5.82 Å². The highest BCUT2D eigenvalue weighted by Gasteiger charge is 2.26. The Labute approximate surface area is 70.2 Å². The van der Waals surface area contributed by atoms with Crippen LogP contribution in [0.1, 0.15) is 35.1 Å². The molecule has 0 saturated heterocycles. The van der Waals surface area contributed by atoms with Crippen molar-refractivity contribution in [3.63, 3.8) is 0 Å². The molecule has 1 aromatic heterocycles. The lowest BCUT2D eigenvalue weighted by molar-refractivity contribution is 0.0997. The minimum absolute atomic E-state index is 0.0479.